The van der Waals surface area contributed by atoms with Crippen LogP contribution in [-0.2, 0) is 12.8 Å². The minimum atomic E-state index is 0.341. The first-order valence-electron chi connectivity index (χ1n) is 7.21. The van der Waals surface area contributed by atoms with Crippen LogP contribution in [0.25, 0.3) is 0 Å². The minimum absolute atomic E-state index is 0.341. The van der Waals surface area contributed by atoms with E-state index in [4.69, 9.17) is 11.6 Å². The number of benzene rings is 1. The smallest absolute Gasteiger partial charge is 0.0818 e. The Morgan fingerprint density at radius 3 is 3.00 bits per heavy atom. The molecule has 0 saturated carbocycles. The van der Waals surface area contributed by atoms with Gasteiger partial charge in [-0.15, -0.1) is 0 Å². The van der Waals surface area contributed by atoms with Crippen molar-refractivity contribution in [2.24, 2.45) is 0 Å². The van der Waals surface area contributed by atoms with Gasteiger partial charge < -0.3 is 5.32 Å². The highest BCUT2D eigenvalue weighted by molar-refractivity contribution is 6.31. The third-order valence-corrected chi connectivity index (χ3v) is 4.23. The third-order valence-electron chi connectivity index (χ3n) is 3.92. The molecule has 1 unspecified atom stereocenters. The molecule has 0 aliphatic carbocycles. The van der Waals surface area contributed by atoms with E-state index < -0.39 is 0 Å². The van der Waals surface area contributed by atoms with Gasteiger partial charge in [0.1, 0.15) is 0 Å². The summed E-state index contributed by atoms with van der Waals surface area (Å²) in [6.07, 6.45) is 4.94. The maximum absolute atomic E-state index is 6.30. The van der Waals surface area contributed by atoms with Crippen molar-refractivity contribution in [3.8, 4) is 0 Å². The zero-order valence-corrected chi connectivity index (χ0v) is 12.7. The van der Waals surface area contributed by atoms with Gasteiger partial charge in [0.2, 0.25) is 0 Å². The van der Waals surface area contributed by atoms with E-state index in [0.717, 1.165) is 30.0 Å². The van der Waals surface area contributed by atoms with Crippen LogP contribution in [0.5, 0.6) is 0 Å². The standard InChI is InChI=1S/C16H20ClN3/c1-11(2)20-16(14(17)10-18-20)9-13-8-7-12-5-3-4-6-15(12)19-13/h3-6,10-11,13,19H,7-9H2,1-2H3. The van der Waals surface area contributed by atoms with E-state index in [9.17, 15) is 0 Å². The van der Waals surface area contributed by atoms with E-state index in [-0.39, 0.29) is 0 Å². The Bertz CT molecular complexity index is 604. The first kappa shape index (κ1) is 13.5. The quantitative estimate of drug-likeness (QED) is 0.922. The molecule has 3 nitrogen and oxygen atoms in total. The van der Waals surface area contributed by atoms with E-state index in [1.54, 1.807) is 6.20 Å². The van der Waals surface area contributed by atoms with Gasteiger partial charge in [0.25, 0.3) is 0 Å². The molecule has 2 heterocycles. The van der Waals surface area contributed by atoms with Gasteiger partial charge in [-0.3, -0.25) is 4.68 Å². The van der Waals surface area contributed by atoms with Crippen LogP contribution in [0.3, 0.4) is 0 Å². The lowest BCUT2D eigenvalue weighted by atomic mass is 9.95. The maximum atomic E-state index is 6.30. The van der Waals surface area contributed by atoms with Gasteiger partial charge in [-0.2, -0.15) is 5.10 Å². The number of halogens is 1. The Morgan fingerprint density at radius 2 is 2.20 bits per heavy atom. The van der Waals surface area contributed by atoms with Gasteiger partial charge in [0.15, 0.2) is 0 Å². The Kier molecular flexibility index (Phi) is 3.70. The number of aryl methyl sites for hydroxylation is 1. The summed E-state index contributed by atoms with van der Waals surface area (Å²) in [5.41, 5.74) is 3.81. The molecule has 0 saturated heterocycles. The molecule has 2 aromatic rings. The summed E-state index contributed by atoms with van der Waals surface area (Å²) in [4.78, 5) is 0. The second-order valence-electron chi connectivity index (χ2n) is 5.72. The van der Waals surface area contributed by atoms with Gasteiger partial charge in [-0.25, -0.2) is 0 Å². The molecule has 1 aliphatic rings. The van der Waals surface area contributed by atoms with E-state index >= 15 is 0 Å². The number of para-hydroxylation sites is 1. The first-order valence-corrected chi connectivity index (χ1v) is 7.59. The van der Waals surface area contributed by atoms with Gasteiger partial charge in [-0.1, -0.05) is 29.8 Å². The molecule has 1 N–H and O–H groups in total. The molecular weight excluding hydrogens is 270 g/mol. The molecular formula is C16H20ClN3. The fourth-order valence-corrected chi connectivity index (χ4v) is 3.10. The molecule has 1 atom stereocenters. The molecule has 0 radical (unpaired) electrons. The summed E-state index contributed by atoms with van der Waals surface area (Å²) in [7, 11) is 0. The first-order chi connectivity index (χ1) is 9.65. The highest BCUT2D eigenvalue weighted by Crippen LogP contribution is 2.28. The van der Waals surface area contributed by atoms with Crippen LogP contribution < -0.4 is 5.32 Å². The van der Waals surface area contributed by atoms with Crippen molar-refractivity contribution >= 4 is 17.3 Å². The van der Waals surface area contributed by atoms with Crippen molar-refractivity contribution < 1.29 is 0 Å². The fourth-order valence-electron chi connectivity index (χ4n) is 2.89. The van der Waals surface area contributed by atoms with Crippen LogP contribution in [0, 0.1) is 0 Å². The third kappa shape index (κ3) is 2.55. The van der Waals surface area contributed by atoms with Crippen LogP contribution in [0.1, 0.15) is 37.6 Å². The molecule has 0 amide bonds. The van der Waals surface area contributed by atoms with Crippen LogP contribution in [-0.4, -0.2) is 15.8 Å². The zero-order valence-electron chi connectivity index (χ0n) is 11.9. The van der Waals surface area contributed by atoms with Crippen LogP contribution >= 0.6 is 11.6 Å². The number of anilines is 1. The number of fused-ring (bicyclic) bond motifs is 1. The van der Waals surface area contributed by atoms with Crippen LogP contribution in [0.2, 0.25) is 5.02 Å². The summed E-state index contributed by atoms with van der Waals surface area (Å²) in [5, 5.41) is 8.79. The van der Waals surface area contributed by atoms with Gasteiger partial charge >= 0.3 is 0 Å². The Labute approximate surface area is 124 Å². The molecule has 0 fully saturated rings. The Morgan fingerprint density at radius 1 is 1.40 bits per heavy atom. The number of nitrogens with zero attached hydrogens (tertiary/aromatic N) is 2. The molecule has 3 rings (SSSR count). The van der Waals surface area contributed by atoms with Crippen molar-refractivity contribution in [1.29, 1.82) is 0 Å². The molecule has 4 heteroatoms. The highest BCUT2D eigenvalue weighted by Gasteiger charge is 2.21. The van der Waals surface area contributed by atoms with E-state index in [1.165, 1.54) is 11.3 Å². The fraction of sp³-hybridized carbons (Fsp3) is 0.438. The van der Waals surface area contributed by atoms with Crippen molar-refractivity contribution in [3.63, 3.8) is 0 Å². The summed E-state index contributed by atoms with van der Waals surface area (Å²) in [5.74, 6) is 0. The predicted molar refractivity (Wildman–Crippen MR) is 83.5 cm³/mol. The second-order valence-corrected chi connectivity index (χ2v) is 6.13. The lowest BCUT2D eigenvalue weighted by molar-refractivity contribution is 0.493. The Balaban J connectivity index is 1.79. The van der Waals surface area contributed by atoms with Crippen LogP contribution in [0.15, 0.2) is 30.5 Å². The van der Waals surface area contributed by atoms with Crippen molar-refractivity contribution in [3.05, 3.63) is 46.7 Å². The van der Waals surface area contributed by atoms with E-state index in [2.05, 4.69) is 48.5 Å². The molecule has 106 valence electrons. The lowest BCUT2D eigenvalue weighted by Gasteiger charge is -2.27. The largest absolute Gasteiger partial charge is 0.382 e. The summed E-state index contributed by atoms with van der Waals surface area (Å²) in [6, 6.07) is 9.31. The number of nitrogens with one attached hydrogen (secondary N) is 1. The van der Waals surface area contributed by atoms with Crippen molar-refractivity contribution in [2.45, 2.75) is 45.2 Å². The Hall–Kier alpha value is -1.48. The number of aromatic nitrogens is 2. The molecule has 20 heavy (non-hydrogen) atoms. The van der Waals surface area contributed by atoms with Crippen molar-refractivity contribution in [1.82, 2.24) is 9.78 Å². The van der Waals surface area contributed by atoms with Gasteiger partial charge in [0, 0.05) is 24.2 Å². The molecule has 1 aromatic carbocycles. The number of hydrogen-bond acceptors (Lipinski definition) is 2. The van der Waals surface area contributed by atoms with Crippen LogP contribution in [0.4, 0.5) is 5.69 Å². The zero-order chi connectivity index (χ0) is 14.1. The molecule has 1 aromatic heterocycles. The molecule has 0 bridgehead atoms. The normalized spacial score (nSPS) is 17.9. The maximum Gasteiger partial charge on any atom is 0.0818 e. The van der Waals surface area contributed by atoms with E-state index in [0.29, 0.717) is 12.1 Å². The summed E-state index contributed by atoms with van der Waals surface area (Å²) < 4.78 is 2.03. The second kappa shape index (κ2) is 5.49. The topological polar surface area (TPSA) is 29.9 Å². The average molecular weight is 290 g/mol. The monoisotopic (exact) mass is 289 g/mol. The highest BCUT2D eigenvalue weighted by atomic mass is 35.5. The predicted octanol–water partition coefficient (Wildman–Crippen LogP) is 4.09. The van der Waals surface area contributed by atoms with Gasteiger partial charge in [0.05, 0.1) is 16.9 Å². The number of hydrogen-bond donors (Lipinski definition) is 1. The van der Waals surface area contributed by atoms with E-state index in [1.807, 2.05) is 4.68 Å². The molecule has 1 aliphatic heterocycles. The lowest BCUT2D eigenvalue weighted by Crippen LogP contribution is -2.28. The van der Waals surface area contributed by atoms with Crippen molar-refractivity contribution in [2.75, 3.05) is 5.32 Å². The SMILES string of the molecule is CC(C)n1ncc(Cl)c1CC1CCc2ccccc2N1. The summed E-state index contributed by atoms with van der Waals surface area (Å²) >= 11 is 6.30. The molecule has 0 spiro atoms. The minimum Gasteiger partial charge on any atom is -0.382 e. The average Bonchev–Trinajstić information content (AvgIpc) is 2.80. The number of rotatable bonds is 3. The summed E-state index contributed by atoms with van der Waals surface area (Å²) in [6.45, 7) is 4.27. The van der Waals surface area contributed by atoms with Gasteiger partial charge in [-0.05, 0) is 38.3 Å².